The number of hydrogen-bond acceptors (Lipinski definition) is 3. The second-order valence-corrected chi connectivity index (χ2v) is 7.89. The summed E-state index contributed by atoms with van der Waals surface area (Å²) in [5.41, 5.74) is 4.95. The molecular weight excluding hydrogens is 421 g/mol. The SMILES string of the molecule is Cc1ccc(-c2cc(C(=O)Nc3cc(C)n(Cc4ccc(Cl)cc4Cl)n3)[nH]n2)cc1. The molecule has 0 aliphatic heterocycles. The molecule has 4 aromatic rings. The maximum atomic E-state index is 12.6. The summed E-state index contributed by atoms with van der Waals surface area (Å²) in [7, 11) is 0. The van der Waals surface area contributed by atoms with Gasteiger partial charge in [-0.1, -0.05) is 59.1 Å². The predicted octanol–water partition coefficient (Wildman–Crippen LogP) is 5.50. The number of aryl methyl sites for hydroxylation is 2. The van der Waals surface area contributed by atoms with Gasteiger partial charge in [-0.2, -0.15) is 10.2 Å². The highest BCUT2D eigenvalue weighted by Crippen LogP contribution is 2.23. The third kappa shape index (κ3) is 4.40. The molecule has 2 aromatic heterocycles. The van der Waals surface area contributed by atoms with Crippen LogP contribution in [0.25, 0.3) is 11.3 Å². The number of rotatable bonds is 5. The van der Waals surface area contributed by atoms with Crippen molar-refractivity contribution < 1.29 is 4.79 Å². The smallest absolute Gasteiger partial charge is 0.274 e. The normalized spacial score (nSPS) is 10.9. The van der Waals surface area contributed by atoms with E-state index in [1.54, 1.807) is 28.9 Å². The molecule has 8 heteroatoms. The van der Waals surface area contributed by atoms with Crippen LogP contribution in [0.5, 0.6) is 0 Å². The van der Waals surface area contributed by atoms with Gasteiger partial charge >= 0.3 is 0 Å². The third-order valence-corrected chi connectivity index (χ3v) is 5.31. The van der Waals surface area contributed by atoms with Crippen molar-refractivity contribution in [2.45, 2.75) is 20.4 Å². The summed E-state index contributed by atoms with van der Waals surface area (Å²) in [6.07, 6.45) is 0. The first kappa shape index (κ1) is 20.2. The number of aromatic amines is 1. The topological polar surface area (TPSA) is 75.6 Å². The quantitative estimate of drug-likeness (QED) is 0.431. The van der Waals surface area contributed by atoms with Crippen molar-refractivity contribution in [2.24, 2.45) is 0 Å². The van der Waals surface area contributed by atoms with E-state index in [0.717, 1.165) is 22.4 Å². The van der Waals surface area contributed by atoms with Crippen LogP contribution in [0.15, 0.2) is 54.6 Å². The number of hydrogen-bond donors (Lipinski definition) is 2. The summed E-state index contributed by atoms with van der Waals surface area (Å²) in [4.78, 5) is 12.6. The molecule has 6 nitrogen and oxygen atoms in total. The first-order valence-electron chi connectivity index (χ1n) is 9.31. The fourth-order valence-electron chi connectivity index (χ4n) is 3.04. The number of benzene rings is 2. The third-order valence-electron chi connectivity index (χ3n) is 4.73. The molecule has 0 bridgehead atoms. The number of nitrogens with zero attached hydrogens (tertiary/aromatic N) is 3. The lowest BCUT2D eigenvalue weighted by molar-refractivity contribution is 0.102. The van der Waals surface area contributed by atoms with E-state index >= 15 is 0 Å². The van der Waals surface area contributed by atoms with Crippen molar-refractivity contribution in [1.82, 2.24) is 20.0 Å². The van der Waals surface area contributed by atoms with Crippen LogP contribution in [0.2, 0.25) is 10.0 Å². The lowest BCUT2D eigenvalue weighted by Crippen LogP contribution is -2.13. The number of amides is 1. The Labute approximate surface area is 183 Å². The standard InChI is InChI=1S/C22H19Cl2N5O/c1-13-3-5-15(6-4-13)19-11-20(27-26-19)22(30)25-21-9-14(2)29(28-21)12-16-7-8-17(23)10-18(16)24/h3-11H,12H2,1-2H3,(H,26,27)(H,25,28,30). The molecule has 0 fully saturated rings. The Morgan fingerprint density at radius 1 is 1.07 bits per heavy atom. The molecule has 4 rings (SSSR count). The second-order valence-electron chi connectivity index (χ2n) is 7.05. The van der Waals surface area contributed by atoms with Crippen LogP contribution in [0, 0.1) is 13.8 Å². The number of aromatic nitrogens is 4. The van der Waals surface area contributed by atoms with Crippen LogP contribution in [0.4, 0.5) is 5.82 Å². The average molecular weight is 440 g/mol. The maximum absolute atomic E-state index is 12.6. The molecule has 0 unspecified atom stereocenters. The number of H-pyrrole nitrogens is 1. The van der Waals surface area contributed by atoms with Gasteiger partial charge in [0.05, 0.1) is 12.2 Å². The number of carbonyl (C=O) groups is 1. The number of anilines is 1. The molecular formula is C22H19Cl2N5O. The molecule has 1 amide bonds. The van der Waals surface area contributed by atoms with Crippen molar-refractivity contribution in [1.29, 1.82) is 0 Å². The molecule has 0 atom stereocenters. The fraction of sp³-hybridized carbons (Fsp3) is 0.136. The van der Waals surface area contributed by atoms with Crippen molar-refractivity contribution in [3.8, 4) is 11.3 Å². The predicted molar refractivity (Wildman–Crippen MR) is 119 cm³/mol. The summed E-state index contributed by atoms with van der Waals surface area (Å²) in [6, 6.07) is 16.8. The number of nitrogens with one attached hydrogen (secondary N) is 2. The summed E-state index contributed by atoms with van der Waals surface area (Å²) < 4.78 is 1.77. The van der Waals surface area contributed by atoms with E-state index in [1.165, 1.54) is 0 Å². The first-order chi connectivity index (χ1) is 14.4. The van der Waals surface area contributed by atoms with Gasteiger partial charge in [-0.15, -0.1) is 0 Å². The molecule has 2 N–H and O–H groups in total. The van der Waals surface area contributed by atoms with Crippen molar-refractivity contribution in [3.63, 3.8) is 0 Å². The molecule has 0 saturated heterocycles. The van der Waals surface area contributed by atoms with E-state index in [2.05, 4.69) is 20.6 Å². The summed E-state index contributed by atoms with van der Waals surface area (Å²) >= 11 is 12.2. The van der Waals surface area contributed by atoms with Crippen LogP contribution in [-0.4, -0.2) is 25.9 Å². The van der Waals surface area contributed by atoms with Crippen molar-refractivity contribution >= 4 is 34.9 Å². The molecule has 2 heterocycles. The molecule has 152 valence electrons. The van der Waals surface area contributed by atoms with E-state index in [0.29, 0.717) is 33.8 Å². The first-order valence-corrected chi connectivity index (χ1v) is 10.1. The fourth-order valence-corrected chi connectivity index (χ4v) is 3.50. The zero-order chi connectivity index (χ0) is 21.3. The summed E-state index contributed by atoms with van der Waals surface area (Å²) in [5.74, 6) is 0.143. The van der Waals surface area contributed by atoms with Crippen LogP contribution < -0.4 is 5.32 Å². The summed E-state index contributed by atoms with van der Waals surface area (Å²) in [6.45, 7) is 4.41. The van der Waals surface area contributed by atoms with Crippen LogP contribution in [0.1, 0.15) is 27.3 Å². The van der Waals surface area contributed by atoms with Gasteiger partial charge in [0.2, 0.25) is 0 Å². The Morgan fingerprint density at radius 2 is 1.83 bits per heavy atom. The number of carbonyl (C=O) groups excluding carboxylic acids is 1. The van der Waals surface area contributed by atoms with Gasteiger partial charge in [-0.25, -0.2) is 0 Å². The number of halogens is 2. The lowest BCUT2D eigenvalue weighted by atomic mass is 10.1. The minimum atomic E-state index is -0.310. The van der Waals surface area contributed by atoms with E-state index in [1.807, 2.05) is 44.2 Å². The largest absolute Gasteiger partial charge is 0.304 e. The van der Waals surface area contributed by atoms with Crippen LogP contribution >= 0.6 is 23.2 Å². The Balaban J connectivity index is 1.48. The molecule has 0 aliphatic rings. The molecule has 0 saturated carbocycles. The molecule has 0 spiro atoms. The van der Waals surface area contributed by atoms with Gasteiger partial charge in [0.25, 0.3) is 5.91 Å². The average Bonchev–Trinajstić information content (AvgIpc) is 3.32. The summed E-state index contributed by atoms with van der Waals surface area (Å²) in [5, 5.41) is 15.5. The van der Waals surface area contributed by atoms with E-state index in [4.69, 9.17) is 23.2 Å². The Bertz CT molecular complexity index is 1210. The van der Waals surface area contributed by atoms with Crippen LogP contribution in [-0.2, 0) is 6.54 Å². The second kappa shape index (κ2) is 8.34. The Morgan fingerprint density at radius 3 is 2.57 bits per heavy atom. The minimum Gasteiger partial charge on any atom is -0.304 e. The highest BCUT2D eigenvalue weighted by Gasteiger charge is 2.14. The zero-order valence-corrected chi connectivity index (χ0v) is 17.9. The van der Waals surface area contributed by atoms with Crippen molar-refractivity contribution in [2.75, 3.05) is 5.32 Å². The zero-order valence-electron chi connectivity index (χ0n) is 16.4. The van der Waals surface area contributed by atoms with Gasteiger partial charge < -0.3 is 5.32 Å². The molecule has 2 aromatic carbocycles. The van der Waals surface area contributed by atoms with Crippen molar-refractivity contribution in [3.05, 3.63) is 87.2 Å². The van der Waals surface area contributed by atoms with Gasteiger partial charge in [0.1, 0.15) is 5.69 Å². The highest BCUT2D eigenvalue weighted by molar-refractivity contribution is 6.35. The van der Waals surface area contributed by atoms with Gasteiger partial charge in [0, 0.05) is 27.4 Å². The van der Waals surface area contributed by atoms with E-state index < -0.39 is 0 Å². The Hall–Kier alpha value is -3.09. The molecule has 0 radical (unpaired) electrons. The lowest BCUT2D eigenvalue weighted by Gasteiger charge is -2.07. The maximum Gasteiger partial charge on any atom is 0.274 e. The van der Waals surface area contributed by atoms with Gasteiger partial charge in [-0.3, -0.25) is 14.6 Å². The molecule has 0 aliphatic carbocycles. The Kier molecular flexibility index (Phi) is 5.61. The van der Waals surface area contributed by atoms with Crippen LogP contribution in [0.3, 0.4) is 0 Å². The van der Waals surface area contributed by atoms with E-state index in [-0.39, 0.29) is 5.91 Å². The van der Waals surface area contributed by atoms with E-state index in [9.17, 15) is 4.79 Å². The molecule has 30 heavy (non-hydrogen) atoms. The monoisotopic (exact) mass is 439 g/mol. The van der Waals surface area contributed by atoms with Gasteiger partial charge in [0.15, 0.2) is 5.82 Å². The van der Waals surface area contributed by atoms with Gasteiger partial charge in [-0.05, 0) is 37.6 Å². The minimum absolute atomic E-state index is 0.310. The highest BCUT2D eigenvalue weighted by atomic mass is 35.5.